The van der Waals surface area contributed by atoms with E-state index >= 15 is 0 Å². The highest BCUT2D eigenvalue weighted by atomic mass is 35.5. The van der Waals surface area contributed by atoms with E-state index in [2.05, 4.69) is 9.84 Å². The second kappa shape index (κ2) is 8.22. The van der Waals surface area contributed by atoms with Crippen LogP contribution in [-0.2, 0) is 33.8 Å². The monoisotopic (exact) mass is 431 g/mol. The van der Waals surface area contributed by atoms with E-state index < -0.39 is 30.5 Å². The fourth-order valence-electron chi connectivity index (χ4n) is 3.76. The van der Waals surface area contributed by atoms with Crippen molar-refractivity contribution in [3.05, 3.63) is 28.4 Å². The van der Waals surface area contributed by atoms with Crippen LogP contribution in [0, 0.1) is 5.92 Å². The molecule has 29 heavy (non-hydrogen) atoms. The summed E-state index contributed by atoms with van der Waals surface area (Å²) in [5, 5.41) is 5.36. The molecule has 0 fully saturated rings. The lowest BCUT2D eigenvalue weighted by molar-refractivity contribution is -0.165. The molecular weight excluding hydrogens is 411 g/mol. The Morgan fingerprint density at radius 2 is 2.14 bits per heavy atom. The maximum Gasteiger partial charge on any atom is 0.406 e. The van der Waals surface area contributed by atoms with Gasteiger partial charge in [-0.3, -0.25) is 14.3 Å². The number of hydrogen-bond acceptors (Lipinski definition) is 4. The summed E-state index contributed by atoms with van der Waals surface area (Å²) in [6.07, 6.45) is -2.37. The molecule has 0 aliphatic carbocycles. The first-order valence-electron chi connectivity index (χ1n) is 9.22. The van der Waals surface area contributed by atoms with Crippen LogP contribution in [0.1, 0.15) is 30.9 Å². The molecule has 0 bridgehead atoms. The van der Waals surface area contributed by atoms with Gasteiger partial charge in [0.2, 0.25) is 5.91 Å². The zero-order valence-electron chi connectivity index (χ0n) is 16.1. The van der Waals surface area contributed by atoms with Gasteiger partial charge in [-0.25, -0.2) is 0 Å². The quantitative estimate of drug-likeness (QED) is 0.677. The molecule has 0 radical (unpaired) electrons. The van der Waals surface area contributed by atoms with Crippen LogP contribution >= 0.6 is 11.6 Å². The largest absolute Gasteiger partial charge is 0.469 e. The molecule has 1 aromatic carbocycles. The van der Waals surface area contributed by atoms with Gasteiger partial charge in [0.05, 0.1) is 36.2 Å². The molecule has 6 nitrogen and oxygen atoms in total. The van der Waals surface area contributed by atoms with Crippen molar-refractivity contribution in [2.75, 3.05) is 13.7 Å². The number of methoxy groups -OCH3 is 1. The van der Waals surface area contributed by atoms with E-state index in [1.807, 2.05) is 6.92 Å². The van der Waals surface area contributed by atoms with Crippen molar-refractivity contribution in [2.45, 2.75) is 45.5 Å². The van der Waals surface area contributed by atoms with E-state index in [0.29, 0.717) is 33.6 Å². The van der Waals surface area contributed by atoms with E-state index in [4.69, 9.17) is 11.6 Å². The zero-order chi connectivity index (χ0) is 21.3. The lowest BCUT2D eigenvalue weighted by atomic mass is 9.93. The number of fused-ring (bicyclic) bond motifs is 3. The van der Waals surface area contributed by atoms with E-state index in [1.165, 1.54) is 7.11 Å². The second-order valence-electron chi connectivity index (χ2n) is 7.12. The molecule has 10 heteroatoms. The highest BCUT2D eigenvalue weighted by Gasteiger charge is 2.39. The predicted molar refractivity (Wildman–Crippen MR) is 100 cm³/mol. The summed E-state index contributed by atoms with van der Waals surface area (Å²) in [5.41, 5.74) is 1.86. The van der Waals surface area contributed by atoms with Crippen LogP contribution < -0.4 is 0 Å². The number of rotatable bonds is 5. The molecule has 1 aromatic heterocycles. The minimum Gasteiger partial charge on any atom is -0.469 e. The molecule has 0 saturated carbocycles. The van der Waals surface area contributed by atoms with Gasteiger partial charge in [-0.2, -0.15) is 18.3 Å². The molecule has 2 aromatic rings. The maximum atomic E-state index is 13.1. The Balaban J connectivity index is 2.12. The Bertz CT molecular complexity index is 942. The summed E-state index contributed by atoms with van der Waals surface area (Å²) in [7, 11) is 1.17. The molecular formula is C19H21ClF3N3O3. The molecule has 1 amide bonds. The van der Waals surface area contributed by atoms with Crippen molar-refractivity contribution in [3.8, 4) is 0 Å². The van der Waals surface area contributed by atoms with Gasteiger partial charge in [0.15, 0.2) is 0 Å². The topological polar surface area (TPSA) is 64.4 Å². The standard InChI is InChI=1S/C19H21ClF3N3O3/c1-3-4-26-17-13(8-24-26)14-9-25(10-19(21,22)23)18(28)12(7-16(27)29-2)5-11(14)6-15(17)20/h6,8,12H,3-5,7,9-10H2,1-2H3. The first-order chi connectivity index (χ1) is 13.6. The van der Waals surface area contributed by atoms with Crippen molar-refractivity contribution in [3.63, 3.8) is 0 Å². The van der Waals surface area contributed by atoms with Crippen LogP contribution in [0.25, 0.3) is 10.9 Å². The average molecular weight is 432 g/mol. The van der Waals surface area contributed by atoms with E-state index in [-0.39, 0.29) is 19.4 Å². The Morgan fingerprint density at radius 1 is 1.41 bits per heavy atom. The Morgan fingerprint density at radius 3 is 2.76 bits per heavy atom. The first kappa shape index (κ1) is 21.4. The third-order valence-corrected chi connectivity index (χ3v) is 5.29. The molecule has 1 unspecified atom stereocenters. The molecule has 2 heterocycles. The number of amides is 1. The number of halogens is 4. The molecule has 158 valence electrons. The number of carbonyl (C=O) groups excluding carboxylic acids is 2. The molecule has 0 spiro atoms. The van der Waals surface area contributed by atoms with Gasteiger partial charge in [0, 0.05) is 18.5 Å². The Labute approximate surface area is 170 Å². The van der Waals surface area contributed by atoms with Crippen molar-refractivity contribution >= 4 is 34.4 Å². The number of aromatic nitrogens is 2. The van der Waals surface area contributed by atoms with Gasteiger partial charge < -0.3 is 9.64 Å². The summed E-state index contributed by atoms with van der Waals surface area (Å²) >= 11 is 6.46. The predicted octanol–water partition coefficient (Wildman–Crippen LogP) is 3.73. The highest BCUT2D eigenvalue weighted by molar-refractivity contribution is 6.35. The number of nitrogens with zero attached hydrogens (tertiary/aromatic N) is 3. The number of carbonyl (C=O) groups is 2. The average Bonchev–Trinajstić information content (AvgIpc) is 3.01. The molecule has 1 aliphatic rings. The zero-order valence-corrected chi connectivity index (χ0v) is 16.8. The van der Waals surface area contributed by atoms with Crippen LogP contribution in [-0.4, -0.2) is 46.4 Å². The highest BCUT2D eigenvalue weighted by Crippen LogP contribution is 2.36. The fraction of sp³-hybridized carbons (Fsp3) is 0.526. The maximum absolute atomic E-state index is 13.1. The minimum absolute atomic E-state index is 0.103. The number of aryl methyl sites for hydroxylation is 1. The Kier molecular flexibility index (Phi) is 6.07. The van der Waals surface area contributed by atoms with E-state index in [0.717, 1.165) is 11.3 Å². The van der Waals surface area contributed by atoms with Crippen molar-refractivity contribution < 1.29 is 27.5 Å². The summed E-state index contributed by atoms with van der Waals surface area (Å²) in [5.74, 6) is -2.33. The first-order valence-corrected chi connectivity index (χ1v) is 9.60. The summed E-state index contributed by atoms with van der Waals surface area (Å²) in [6.45, 7) is 0.969. The molecule has 0 saturated heterocycles. The van der Waals surface area contributed by atoms with Gasteiger partial charge in [0.1, 0.15) is 6.54 Å². The third kappa shape index (κ3) is 4.49. The number of ether oxygens (including phenoxy) is 1. The van der Waals surface area contributed by atoms with E-state index in [9.17, 15) is 22.8 Å². The molecule has 0 N–H and O–H groups in total. The summed E-state index contributed by atoms with van der Waals surface area (Å²) in [4.78, 5) is 25.3. The van der Waals surface area contributed by atoms with Crippen molar-refractivity contribution in [1.82, 2.24) is 14.7 Å². The molecule has 1 aliphatic heterocycles. The third-order valence-electron chi connectivity index (χ3n) is 5.00. The van der Waals surface area contributed by atoms with Crippen LogP contribution in [0.3, 0.4) is 0 Å². The summed E-state index contributed by atoms with van der Waals surface area (Å²) in [6, 6.07) is 1.67. The lowest BCUT2D eigenvalue weighted by Gasteiger charge is -2.25. The van der Waals surface area contributed by atoms with Crippen LogP contribution in [0.4, 0.5) is 13.2 Å². The number of alkyl halides is 3. The van der Waals surface area contributed by atoms with Gasteiger partial charge in [-0.1, -0.05) is 18.5 Å². The minimum atomic E-state index is -4.56. The molecule has 3 rings (SSSR count). The number of benzene rings is 1. The normalized spacial score (nSPS) is 17.4. The molecule has 1 atom stereocenters. The van der Waals surface area contributed by atoms with Crippen molar-refractivity contribution in [1.29, 1.82) is 0 Å². The number of hydrogen-bond donors (Lipinski definition) is 0. The van der Waals surface area contributed by atoms with Gasteiger partial charge in [-0.05, 0) is 30.0 Å². The Hall–Kier alpha value is -2.29. The summed E-state index contributed by atoms with van der Waals surface area (Å²) < 4.78 is 45.7. The SMILES string of the molecule is CCCn1ncc2c3c(cc(Cl)c21)CC(CC(=O)OC)C(=O)N(CC(F)(F)F)C3. The van der Waals surface area contributed by atoms with Crippen LogP contribution in [0.2, 0.25) is 5.02 Å². The van der Waals surface area contributed by atoms with Gasteiger partial charge in [-0.15, -0.1) is 0 Å². The number of esters is 1. The van der Waals surface area contributed by atoms with E-state index in [1.54, 1.807) is 16.9 Å². The van der Waals surface area contributed by atoms with Crippen LogP contribution in [0.5, 0.6) is 0 Å². The van der Waals surface area contributed by atoms with Crippen molar-refractivity contribution in [2.24, 2.45) is 5.92 Å². The lowest BCUT2D eigenvalue weighted by Crippen LogP contribution is -2.41. The van der Waals surface area contributed by atoms with Gasteiger partial charge >= 0.3 is 12.1 Å². The van der Waals surface area contributed by atoms with Crippen LogP contribution in [0.15, 0.2) is 12.3 Å². The van der Waals surface area contributed by atoms with Gasteiger partial charge in [0.25, 0.3) is 0 Å². The second-order valence-corrected chi connectivity index (χ2v) is 7.52. The smallest absolute Gasteiger partial charge is 0.406 e. The fourth-order valence-corrected chi connectivity index (χ4v) is 4.09.